The lowest BCUT2D eigenvalue weighted by molar-refractivity contribution is -0.137. The van der Waals surface area contributed by atoms with Crippen LogP contribution in [0, 0.1) is 0 Å². The quantitative estimate of drug-likeness (QED) is 0.0220. The van der Waals surface area contributed by atoms with Gasteiger partial charge >= 0.3 is 11.9 Å². The summed E-state index contributed by atoms with van der Waals surface area (Å²) in [6.45, 7) is 4.32. The normalized spacial score (nSPS) is 11.3. The van der Waals surface area contributed by atoms with Gasteiger partial charge in [0.05, 0.1) is 38.3 Å². The molecule has 0 atom stereocenters. The van der Waals surface area contributed by atoms with Crippen LogP contribution in [0.4, 0.5) is 0 Å². The van der Waals surface area contributed by atoms with Gasteiger partial charge in [-0.25, -0.2) is 9.59 Å². The predicted molar refractivity (Wildman–Crippen MR) is 186 cm³/mol. The first kappa shape index (κ1) is 32.6. The number of nitrogens with zero attached hydrogens (tertiary/aromatic N) is 2. The number of carbonyl (C=O) groups excluding carboxylic acids is 2. The van der Waals surface area contributed by atoms with Gasteiger partial charge in [-0.1, -0.05) is 55.1 Å². The molecule has 0 saturated heterocycles. The molecule has 5 aromatic carbocycles. The van der Waals surface area contributed by atoms with Gasteiger partial charge in [0, 0.05) is 17.2 Å². The summed E-state index contributed by atoms with van der Waals surface area (Å²) in [5, 5.41) is 13.1. The van der Waals surface area contributed by atoms with E-state index in [1.807, 2.05) is 24.3 Å². The number of esters is 2. The Morgan fingerprint density at radius 2 is 1.36 bits per heavy atom. The summed E-state index contributed by atoms with van der Waals surface area (Å²) in [4.78, 5) is 23.9. The van der Waals surface area contributed by atoms with Gasteiger partial charge in [-0.15, -0.1) is 0 Å². The van der Waals surface area contributed by atoms with Crippen LogP contribution in [0.1, 0.15) is 47.2 Å². The highest BCUT2D eigenvalue weighted by molar-refractivity contribution is 6.13. The molecule has 47 heavy (non-hydrogen) atoms. The Hall–Kier alpha value is -5.76. The van der Waals surface area contributed by atoms with Gasteiger partial charge in [0.1, 0.15) is 17.2 Å². The molecule has 238 valence electrons. The zero-order valence-electron chi connectivity index (χ0n) is 26.3. The second-order valence-electron chi connectivity index (χ2n) is 10.7. The van der Waals surface area contributed by atoms with Crippen LogP contribution < -0.4 is 14.2 Å². The molecule has 0 aromatic heterocycles. The predicted octanol–water partition coefficient (Wildman–Crippen LogP) is 8.34. The highest BCUT2D eigenvalue weighted by Gasteiger charge is 2.11. The van der Waals surface area contributed by atoms with Crippen LogP contribution in [0.25, 0.3) is 21.5 Å². The van der Waals surface area contributed by atoms with E-state index in [1.165, 1.54) is 0 Å². The largest absolute Gasteiger partial charge is 0.496 e. The highest BCUT2D eigenvalue weighted by Crippen LogP contribution is 2.28. The van der Waals surface area contributed by atoms with Gasteiger partial charge < -0.3 is 18.9 Å². The van der Waals surface area contributed by atoms with Gasteiger partial charge in [-0.2, -0.15) is 10.2 Å². The summed E-state index contributed by atoms with van der Waals surface area (Å²) in [6, 6.07) is 30.5. The van der Waals surface area contributed by atoms with E-state index in [4.69, 9.17) is 18.9 Å². The number of carbonyl (C=O) groups is 2. The SMILES string of the molecule is C=CC(=O)OCCCCCCOc1ccc(C(=O)Oc2ccc(OC)c(/C=N/N=C/c3c4ccccc4cc4ccccc34)c2)cc1. The molecule has 0 heterocycles. The van der Waals surface area contributed by atoms with E-state index in [2.05, 4.69) is 47.1 Å². The molecule has 8 heteroatoms. The van der Waals surface area contributed by atoms with E-state index >= 15 is 0 Å². The summed E-state index contributed by atoms with van der Waals surface area (Å²) in [5.41, 5.74) is 1.99. The zero-order valence-corrected chi connectivity index (χ0v) is 26.3. The molecule has 0 aliphatic heterocycles. The lowest BCUT2D eigenvalue weighted by Crippen LogP contribution is -2.09. The molecule has 5 aromatic rings. The Bertz CT molecular complexity index is 1860. The maximum absolute atomic E-state index is 12.9. The van der Waals surface area contributed by atoms with Crippen LogP contribution in [0.15, 0.2) is 120 Å². The maximum atomic E-state index is 12.9. The molecule has 0 spiro atoms. The van der Waals surface area contributed by atoms with Crippen molar-refractivity contribution < 1.29 is 28.5 Å². The smallest absolute Gasteiger partial charge is 0.343 e. The van der Waals surface area contributed by atoms with Crippen LogP contribution in [0.5, 0.6) is 17.2 Å². The van der Waals surface area contributed by atoms with Gasteiger partial charge in [0.15, 0.2) is 0 Å². The Morgan fingerprint density at radius 3 is 2.04 bits per heavy atom. The van der Waals surface area contributed by atoms with E-state index in [0.29, 0.717) is 41.6 Å². The Balaban J connectivity index is 1.17. The fourth-order valence-electron chi connectivity index (χ4n) is 5.08. The molecule has 0 amide bonds. The van der Waals surface area contributed by atoms with Crippen LogP contribution in [-0.4, -0.2) is 44.7 Å². The van der Waals surface area contributed by atoms with Crippen molar-refractivity contribution in [2.75, 3.05) is 20.3 Å². The highest BCUT2D eigenvalue weighted by atomic mass is 16.5. The van der Waals surface area contributed by atoms with E-state index < -0.39 is 11.9 Å². The molecule has 0 aliphatic carbocycles. The molecule has 0 unspecified atom stereocenters. The average molecular weight is 629 g/mol. The molecule has 0 saturated carbocycles. The third-order valence-corrected chi connectivity index (χ3v) is 7.48. The first-order chi connectivity index (χ1) is 23.1. The zero-order chi connectivity index (χ0) is 32.8. The lowest BCUT2D eigenvalue weighted by Gasteiger charge is -2.09. The number of ether oxygens (including phenoxy) is 4. The van der Waals surface area contributed by atoms with Crippen molar-refractivity contribution in [3.8, 4) is 17.2 Å². The molecule has 8 nitrogen and oxygen atoms in total. The third kappa shape index (κ3) is 8.92. The van der Waals surface area contributed by atoms with Crippen LogP contribution >= 0.6 is 0 Å². The number of hydrogen-bond acceptors (Lipinski definition) is 8. The molecule has 0 aliphatic rings. The fraction of sp³-hybridized carbons (Fsp3) is 0.179. The van der Waals surface area contributed by atoms with Gasteiger partial charge in [0.2, 0.25) is 0 Å². The van der Waals surface area contributed by atoms with Crippen molar-refractivity contribution in [2.45, 2.75) is 25.7 Å². The Labute approximate surface area is 274 Å². The molecule has 0 bridgehead atoms. The number of benzene rings is 5. The number of hydrogen-bond donors (Lipinski definition) is 0. The average Bonchev–Trinajstić information content (AvgIpc) is 3.11. The topological polar surface area (TPSA) is 95.8 Å². The minimum Gasteiger partial charge on any atom is -0.496 e. The van der Waals surface area contributed by atoms with Gasteiger partial charge in [-0.3, -0.25) is 0 Å². The maximum Gasteiger partial charge on any atom is 0.343 e. The Morgan fingerprint density at radius 1 is 0.723 bits per heavy atom. The summed E-state index contributed by atoms with van der Waals surface area (Å²) in [5.74, 6) is 0.689. The van der Waals surface area contributed by atoms with Gasteiger partial charge in [0.25, 0.3) is 0 Å². The fourth-order valence-corrected chi connectivity index (χ4v) is 5.08. The first-order valence-electron chi connectivity index (χ1n) is 15.4. The minimum atomic E-state index is -0.498. The van der Waals surface area contributed by atoms with Crippen LogP contribution in [0.2, 0.25) is 0 Å². The van der Waals surface area contributed by atoms with E-state index in [-0.39, 0.29) is 0 Å². The summed E-state index contributed by atoms with van der Waals surface area (Å²) in [6.07, 6.45) is 8.06. The van der Waals surface area contributed by atoms with Crippen LogP contribution in [-0.2, 0) is 9.53 Å². The molecule has 0 N–H and O–H groups in total. The molecule has 0 fully saturated rings. The number of unbranched alkanes of at least 4 members (excludes halogenated alkanes) is 3. The van der Waals surface area contributed by atoms with E-state index in [1.54, 1.807) is 62.0 Å². The number of fused-ring (bicyclic) bond motifs is 2. The first-order valence-corrected chi connectivity index (χ1v) is 15.4. The lowest BCUT2D eigenvalue weighted by atomic mass is 9.97. The van der Waals surface area contributed by atoms with Crippen molar-refractivity contribution in [2.24, 2.45) is 10.2 Å². The Kier molecular flexibility index (Phi) is 11.5. The minimum absolute atomic E-state index is 0.348. The van der Waals surface area contributed by atoms with Crippen molar-refractivity contribution in [3.05, 3.63) is 126 Å². The molecular formula is C39H36N2O6. The van der Waals surface area contributed by atoms with E-state index in [0.717, 1.165) is 58.9 Å². The summed E-state index contributed by atoms with van der Waals surface area (Å²) < 4.78 is 21.9. The van der Waals surface area contributed by atoms with E-state index in [9.17, 15) is 9.59 Å². The van der Waals surface area contributed by atoms with Crippen molar-refractivity contribution >= 4 is 45.9 Å². The summed E-state index contributed by atoms with van der Waals surface area (Å²) in [7, 11) is 1.57. The molecule has 0 radical (unpaired) electrons. The summed E-state index contributed by atoms with van der Waals surface area (Å²) >= 11 is 0. The third-order valence-electron chi connectivity index (χ3n) is 7.48. The molecular weight excluding hydrogens is 592 g/mol. The number of rotatable bonds is 15. The standard InChI is InChI=1S/C39H36N2O6/c1-3-38(42)46-23-11-5-4-10-22-45-32-18-16-28(17-19-32)39(43)47-33-20-21-37(44-2)31(25-33)26-40-41-27-36-34-14-8-6-12-29(34)24-30-13-7-9-15-35(30)36/h3,6-9,12-21,24-27H,1,4-5,10-11,22-23H2,2H3/b40-26+,41-27+. The molecule has 5 rings (SSSR count). The van der Waals surface area contributed by atoms with Crippen molar-refractivity contribution in [1.29, 1.82) is 0 Å². The van der Waals surface area contributed by atoms with Crippen molar-refractivity contribution in [1.82, 2.24) is 0 Å². The second kappa shape index (κ2) is 16.5. The van der Waals surface area contributed by atoms with Gasteiger partial charge in [-0.05, 0) is 95.8 Å². The van der Waals surface area contributed by atoms with Crippen LogP contribution in [0.3, 0.4) is 0 Å². The van der Waals surface area contributed by atoms with Crippen molar-refractivity contribution in [3.63, 3.8) is 0 Å². The monoisotopic (exact) mass is 628 g/mol. The second-order valence-corrected chi connectivity index (χ2v) is 10.7. The number of methoxy groups -OCH3 is 1.